The number of aromatic carboxylic acids is 1. The molecule has 1 aromatic rings. The van der Waals surface area contributed by atoms with Gasteiger partial charge in [0.2, 0.25) is 0 Å². The number of hydrogen-bond acceptors (Lipinski definition) is 4. The Morgan fingerprint density at radius 2 is 2.21 bits per heavy atom. The predicted octanol–water partition coefficient (Wildman–Crippen LogP) is 2.68. The van der Waals surface area contributed by atoms with Crippen molar-refractivity contribution in [1.82, 2.24) is 0 Å². The van der Waals surface area contributed by atoms with Crippen molar-refractivity contribution in [2.75, 3.05) is 12.3 Å². The molecule has 0 fully saturated rings. The standard InChI is InChI=1S/C14H18N2O3/c1-14(2,9-15)7-4-8-19-11-6-3-5-10(16)12(11)13(17)18/h3,5-6H,4,7-8,16H2,1-2H3,(H,17,18). The third-order valence-corrected chi connectivity index (χ3v) is 2.78. The lowest BCUT2D eigenvalue weighted by atomic mass is 9.90. The zero-order valence-electron chi connectivity index (χ0n) is 11.1. The van der Waals surface area contributed by atoms with Gasteiger partial charge in [0.15, 0.2) is 0 Å². The number of hydrogen-bond donors (Lipinski definition) is 2. The Labute approximate surface area is 112 Å². The van der Waals surface area contributed by atoms with Crippen molar-refractivity contribution in [3.05, 3.63) is 23.8 Å². The summed E-state index contributed by atoms with van der Waals surface area (Å²) in [6, 6.07) is 6.96. The molecular formula is C14H18N2O3. The van der Waals surface area contributed by atoms with Crippen molar-refractivity contribution in [3.8, 4) is 11.8 Å². The number of nitriles is 1. The molecule has 0 amide bonds. The van der Waals surface area contributed by atoms with Gasteiger partial charge in [0.05, 0.1) is 18.1 Å². The summed E-state index contributed by atoms with van der Waals surface area (Å²) < 4.78 is 5.45. The highest BCUT2D eigenvalue weighted by atomic mass is 16.5. The van der Waals surface area contributed by atoms with E-state index in [1.54, 1.807) is 12.1 Å². The van der Waals surface area contributed by atoms with Crippen LogP contribution in [0.5, 0.6) is 5.75 Å². The Kier molecular flexibility index (Phi) is 4.76. The minimum Gasteiger partial charge on any atom is -0.493 e. The first-order valence-corrected chi connectivity index (χ1v) is 6.03. The molecule has 102 valence electrons. The number of ether oxygens (including phenoxy) is 1. The lowest BCUT2D eigenvalue weighted by Crippen LogP contribution is -2.11. The normalized spacial score (nSPS) is 10.8. The van der Waals surface area contributed by atoms with Crippen LogP contribution in [0.4, 0.5) is 5.69 Å². The molecule has 0 aromatic heterocycles. The topological polar surface area (TPSA) is 96.3 Å². The second-order valence-electron chi connectivity index (χ2n) is 4.97. The fourth-order valence-electron chi connectivity index (χ4n) is 1.65. The van der Waals surface area contributed by atoms with E-state index in [-0.39, 0.29) is 17.0 Å². The molecule has 5 nitrogen and oxygen atoms in total. The highest BCUT2D eigenvalue weighted by molar-refractivity contribution is 5.96. The summed E-state index contributed by atoms with van der Waals surface area (Å²) in [7, 11) is 0. The molecule has 0 atom stereocenters. The minimum absolute atomic E-state index is 0.0120. The van der Waals surface area contributed by atoms with Crippen LogP contribution in [0.1, 0.15) is 37.0 Å². The van der Waals surface area contributed by atoms with Gasteiger partial charge in [0, 0.05) is 5.69 Å². The molecule has 1 rings (SSSR count). The average Bonchev–Trinajstić information content (AvgIpc) is 2.34. The van der Waals surface area contributed by atoms with Crippen LogP contribution in [0.3, 0.4) is 0 Å². The van der Waals surface area contributed by atoms with Crippen LogP contribution >= 0.6 is 0 Å². The second-order valence-corrected chi connectivity index (χ2v) is 4.97. The van der Waals surface area contributed by atoms with Gasteiger partial charge in [-0.2, -0.15) is 5.26 Å². The maximum Gasteiger partial charge on any atom is 0.341 e. The van der Waals surface area contributed by atoms with Gasteiger partial charge in [-0.05, 0) is 38.8 Å². The number of carboxylic acids is 1. The smallest absolute Gasteiger partial charge is 0.341 e. The summed E-state index contributed by atoms with van der Waals surface area (Å²) >= 11 is 0. The number of anilines is 1. The highest BCUT2D eigenvalue weighted by Crippen LogP contribution is 2.25. The van der Waals surface area contributed by atoms with Crippen LogP contribution in [0.25, 0.3) is 0 Å². The monoisotopic (exact) mass is 262 g/mol. The highest BCUT2D eigenvalue weighted by Gasteiger charge is 2.17. The van der Waals surface area contributed by atoms with Crippen molar-refractivity contribution < 1.29 is 14.6 Å². The van der Waals surface area contributed by atoms with Gasteiger partial charge in [0.25, 0.3) is 0 Å². The SMILES string of the molecule is CC(C)(C#N)CCCOc1cccc(N)c1C(=O)O. The molecule has 1 aromatic carbocycles. The van der Waals surface area contributed by atoms with E-state index in [4.69, 9.17) is 20.8 Å². The molecular weight excluding hydrogens is 244 g/mol. The summed E-state index contributed by atoms with van der Waals surface area (Å²) in [6.07, 6.45) is 1.36. The Morgan fingerprint density at radius 1 is 1.53 bits per heavy atom. The Hall–Kier alpha value is -2.22. The van der Waals surface area contributed by atoms with E-state index in [9.17, 15) is 4.79 Å². The van der Waals surface area contributed by atoms with E-state index >= 15 is 0 Å². The van der Waals surface area contributed by atoms with Crippen LogP contribution in [0, 0.1) is 16.7 Å². The quantitative estimate of drug-likeness (QED) is 0.607. The number of nitrogen functional groups attached to an aromatic ring is 1. The van der Waals surface area contributed by atoms with Gasteiger partial charge in [-0.1, -0.05) is 6.07 Å². The molecule has 0 spiro atoms. The number of nitrogens with zero attached hydrogens (tertiary/aromatic N) is 1. The lowest BCUT2D eigenvalue weighted by Gasteiger charge is -2.15. The van der Waals surface area contributed by atoms with E-state index in [1.807, 2.05) is 13.8 Å². The number of benzene rings is 1. The van der Waals surface area contributed by atoms with Gasteiger partial charge in [0.1, 0.15) is 11.3 Å². The molecule has 0 unspecified atom stereocenters. The first-order valence-electron chi connectivity index (χ1n) is 6.03. The number of rotatable bonds is 6. The molecule has 0 heterocycles. The Morgan fingerprint density at radius 3 is 2.79 bits per heavy atom. The molecule has 0 aliphatic heterocycles. The van der Waals surface area contributed by atoms with Gasteiger partial charge in [-0.3, -0.25) is 0 Å². The number of nitrogens with two attached hydrogens (primary N) is 1. The van der Waals surface area contributed by atoms with Crippen molar-refractivity contribution in [3.63, 3.8) is 0 Å². The van der Waals surface area contributed by atoms with E-state index in [1.165, 1.54) is 6.07 Å². The molecule has 0 radical (unpaired) electrons. The molecule has 0 saturated carbocycles. The molecule has 0 bridgehead atoms. The van der Waals surface area contributed by atoms with Crippen LogP contribution < -0.4 is 10.5 Å². The van der Waals surface area contributed by atoms with E-state index < -0.39 is 11.4 Å². The van der Waals surface area contributed by atoms with Crippen LogP contribution in [0.2, 0.25) is 0 Å². The van der Waals surface area contributed by atoms with Crippen molar-refractivity contribution in [2.45, 2.75) is 26.7 Å². The van der Waals surface area contributed by atoms with E-state index in [0.717, 1.165) is 0 Å². The zero-order valence-corrected chi connectivity index (χ0v) is 11.1. The molecule has 0 aliphatic carbocycles. The van der Waals surface area contributed by atoms with Gasteiger partial charge >= 0.3 is 5.97 Å². The summed E-state index contributed by atoms with van der Waals surface area (Å²) in [5.41, 5.74) is 5.39. The predicted molar refractivity (Wildman–Crippen MR) is 71.9 cm³/mol. The number of carbonyl (C=O) groups is 1. The van der Waals surface area contributed by atoms with Crippen LogP contribution in [-0.4, -0.2) is 17.7 Å². The van der Waals surface area contributed by atoms with Crippen molar-refractivity contribution >= 4 is 11.7 Å². The lowest BCUT2D eigenvalue weighted by molar-refractivity contribution is 0.0693. The molecule has 19 heavy (non-hydrogen) atoms. The minimum atomic E-state index is -1.11. The Bertz CT molecular complexity index is 504. The second kappa shape index (κ2) is 6.10. The van der Waals surface area contributed by atoms with Crippen molar-refractivity contribution in [2.24, 2.45) is 5.41 Å². The average molecular weight is 262 g/mol. The van der Waals surface area contributed by atoms with Crippen molar-refractivity contribution in [1.29, 1.82) is 5.26 Å². The zero-order chi connectivity index (χ0) is 14.5. The van der Waals surface area contributed by atoms with Gasteiger partial charge in [-0.15, -0.1) is 0 Å². The van der Waals surface area contributed by atoms with E-state index in [2.05, 4.69) is 6.07 Å². The first-order chi connectivity index (χ1) is 8.87. The van der Waals surface area contributed by atoms with Crippen LogP contribution in [0.15, 0.2) is 18.2 Å². The first kappa shape index (κ1) is 14.8. The largest absolute Gasteiger partial charge is 0.493 e. The van der Waals surface area contributed by atoms with Gasteiger partial charge in [-0.25, -0.2) is 4.79 Å². The molecule has 0 saturated heterocycles. The molecule has 5 heteroatoms. The summed E-state index contributed by atoms with van der Waals surface area (Å²) in [5, 5.41) is 17.9. The fraction of sp³-hybridized carbons (Fsp3) is 0.429. The maximum atomic E-state index is 11.1. The molecule has 3 N–H and O–H groups in total. The Balaban J connectivity index is 2.62. The number of carboxylic acid groups (broad SMARTS) is 1. The third kappa shape index (κ3) is 4.18. The fourth-order valence-corrected chi connectivity index (χ4v) is 1.65. The third-order valence-electron chi connectivity index (χ3n) is 2.78. The van der Waals surface area contributed by atoms with Crippen LogP contribution in [-0.2, 0) is 0 Å². The maximum absolute atomic E-state index is 11.1. The summed E-state index contributed by atoms with van der Waals surface area (Å²) in [5.74, 6) is -0.840. The molecule has 0 aliphatic rings. The van der Waals surface area contributed by atoms with Gasteiger partial charge < -0.3 is 15.6 Å². The van der Waals surface area contributed by atoms with E-state index in [0.29, 0.717) is 19.4 Å². The summed E-state index contributed by atoms with van der Waals surface area (Å²) in [4.78, 5) is 11.1. The summed E-state index contributed by atoms with van der Waals surface area (Å²) in [6.45, 7) is 4.07.